The van der Waals surface area contributed by atoms with Gasteiger partial charge in [0.15, 0.2) is 14.6 Å². The maximum atomic E-state index is 14.4. The molecule has 2 fully saturated rings. The molecule has 0 aliphatic carbocycles. The van der Waals surface area contributed by atoms with Gasteiger partial charge >= 0.3 is 0 Å². The minimum Gasteiger partial charge on any atom is -0.325 e. The van der Waals surface area contributed by atoms with E-state index in [1.165, 1.54) is 17.0 Å². The lowest BCUT2D eigenvalue weighted by molar-refractivity contribution is -0.119. The third kappa shape index (κ3) is 3.33. The van der Waals surface area contributed by atoms with Crippen LogP contribution in [0.4, 0.5) is 15.8 Å². The average molecular weight is 383 g/mol. The normalized spacial score (nSPS) is 20.2. The molecule has 0 unspecified atom stereocenters. The number of nitrogens with one attached hydrogen (secondary N) is 2. The van der Waals surface area contributed by atoms with Crippen LogP contribution in [0.5, 0.6) is 0 Å². The highest BCUT2D eigenvalue weighted by Gasteiger charge is 2.48. The first-order valence-corrected chi connectivity index (χ1v) is 10.5. The summed E-state index contributed by atoms with van der Waals surface area (Å²) in [6, 6.07) is 4.04. The van der Waals surface area contributed by atoms with Gasteiger partial charge in [-0.15, -0.1) is 0 Å². The second-order valence-corrected chi connectivity index (χ2v) is 9.11. The van der Waals surface area contributed by atoms with E-state index in [0.29, 0.717) is 32.5 Å². The van der Waals surface area contributed by atoms with Gasteiger partial charge in [0.25, 0.3) is 0 Å². The molecule has 2 saturated heterocycles. The second kappa shape index (κ2) is 6.96. The van der Waals surface area contributed by atoms with Crippen LogP contribution in [0.3, 0.4) is 0 Å². The maximum Gasteiger partial charge on any atom is 0.245 e. The second-order valence-electron chi connectivity index (χ2n) is 6.79. The molecule has 0 spiro atoms. The number of anilines is 2. The molecule has 1 aromatic carbocycles. The molecule has 0 saturated carbocycles. The molecule has 7 nitrogen and oxygen atoms in total. The zero-order valence-corrected chi connectivity index (χ0v) is 15.4. The lowest BCUT2D eigenvalue weighted by Crippen LogP contribution is -2.55. The van der Waals surface area contributed by atoms with Crippen molar-refractivity contribution >= 4 is 33.0 Å². The summed E-state index contributed by atoms with van der Waals surface area (Å²) in [6.07, 6.45) is 2.46. The van der Waals surface area contributed by atoms with Crippen molar-refractivity contribution in [2.75, 3.05) is 36.1 Å². The predicted molar refractivity (Wildman–Crippen MR) is 96.3 cm³/mol. The largest absolute Gasteiger partial charge is 0.325 e. The quantitative estimate of drug-likeness (QED) is 0.811. The van der Waals surface area contributed by atoms with Gasteiger partial charge in [-0.3, -0.25) is 9.59 Å². The Kier molecular flexibility index (Phi) is 5.03. The van der Waals surface area contributed by atoms with Crippen molar-refractivity contribution in [3.8, 4) is 0 Å². The zero-order valence-electron chi connectivity index (χ0n) is 14.5. The summed E-state index contributed by atoms with van der Waals surface area (Å²) < 4.78 is 37.4. The topological polar surface area (TPSA) is 95.6 Å². The summed E-state index contributed by atoms with van der Waals surface area (Å²) in [7, 11) is -3.64. The number of rotatable bonds is 4. The van der Waals surface area contributed by atoms with Gasteiger partial charge in [-0.25, -0.2) is 12.8 Å². The Bertz CT molecular complexity index is 834. The number of benzene rings is 1. The van der Waals surface area contributed by atoms with Crippen molar-refractivity contribution in [2.24, 2.45) is 0 Å². The number of nitrogens with zero attached hydrogens (tertiary/aromatic N) is 1. The van der Waals surface area contributed by atoms with Crippen LogP contribution in [0.2, 0.25) is 0 Å². The molecule has 142 valence electrons. The number of sulfone groups is 1. The van der Waals surface area contributed by atoms with E-state index in [0.717, 1.165) is 12.3 Å². The molecule has 2 aliphatic heterocycles. The maximum absolute atomic E-state index is 14.4. The van der Waals surface area contributed by atoms with Crippen LogP contribution in [0.15, 0.2) is 18.2 Å². The van der Waals surface area contributed by atoms with Gasteiger partial charge in [0.1, 0.15) is 5.82 Å². The molecule has 1 aromatic rings. The van der Waals surface area contributed by atoms with Gasteiger partial charge in [0.05, 0.1) is 5.69 Å². The third-order valence-corrected chi connectivity index (χ3v) is 7.12. The number of carbonyl (C=O) groups excluding carboxylic acids is 2. The van der Waals surface area contributed by atoms with Crippen molar-refractivity contribution in [3.05, 3.63) is 24.0 Å². The third-order valence-electron chi connectivity index (χ3n) is 5.10. The number of piperidine rings is 1. The van der Waals surface area contributed by atoms with Gasteiger partial charge in [-0.1, -0.05) is 0 Å². The molecule has 0 radical (unpaired) electrons. The standard InChI is InChI=1S/C17H22FN3O4S/c1-26(24,25)17(6-8-19-9-7-17)16(23)20-12-4-5-14(13(18)11-12)21-10-2-3-15(21)22/h4-5,11,19H,2-3,6-10H2,1H3,(H,20,23). The van der Waals surface area contributed by atoms with Crippen LogP contribution in [-0.4, -0.2) is 50.9 Å². The van der Waals surface area contributed by atoms with Crippen LogP contribution in [-0.2, 0) is 19.4 Å². The van der Waals surface area contributed by atoms with E-state index in [1.807, 2.05) is 0 Å². The molecule has 3 rings (SSSR count). The molecular weight excluding hydrogens is 361 g/mol. The van der Waals surface area contributed by atoms with Crippen LogP contribution >= 0.6 is 0 Å². The van der Waals surface area contributed by atoms with E-state index in [1.54, 1.807) is 0 Å². The molecule has 0 bridgehead atoms. The lowest BCUT2D eigenvalue weighted by Gasteiger charge is -2.34. The van der Waals surface area contributed by atoms with Gasteiger partial charge in [-0.05, 0) is 50.6 Å². The van der Waals surface area contributed by atoms with Crippen molar-refractivity contribution in [1.82, 2.24) is 5.32 Å². The zero-order chi connectivity index (χ0) is 18.9. The summed E-state index contributed by atoms with van der Waals surface area (Å²) in [5, 5.41) is 5.58. The minimum atomic E-state index is -3.64. The van der Waals surface area contributed by atoms with Crippen LogP contribution in [0, 0.1) is 5.82 Å². The fraction of sp³-hybridized carbons (Fsp3) is 0.529. The van der Waals surface area contributed by atoms with Gasteiger partial charge < -0.3 is 15.5 Å². The van der Waals surface area contributed by atoms with E-state index >= 15 is 0 Å². The summed E-state index contributed by atoms with van der Waals surface area (Å²) in [5.74, 6) is -1.41. The molecule has 26 heavy (non-hydrogen) atoms. The fourth-order valence-corrected chi connectivity index (χ4v) is 4.88. The van der Waals surface area contributed by atoms with Crippen LogP contribution < -0.4 is 15.5 Å². The highest BCUT2D eigenvalue weighted by atomic mass is 32.2. The van der Waals surface area contributed by atoms with Crippen molar-refractivity contribution in [1.29, 1.82) is 0 Å². The molecule has 2 aliphatic rings. The molecule has 2 heterocycles. The van der Waals surface area contributed by atoms with Crippen molar-refractivity contribution in [3.63, 3.8) is 0 Å². The Balaban J connectivity index is 1.83. The smallest absolute Gasteiger partial charge is 0.245 e. The molecule has 0 atom stereocenters. The molecule has 9 heteroatoms. The summed E-state index contributed by atoms with van der Waals surface area (Å²) in [6.45, 7) is 1.31. The fourth-order valence-electron chi connectivity index (χ4n) is 3.55. The lowest BCUT2D eigenvalue weighted by atomic mass is 9.95. The first kappa shape index (κ1) is 18.8. The Morgan fingerprint density at radius 3 is 2.54 bits per heavy atom. The number of hydrogen-bond donors (Lipinski definition) is 2. The molecule has 2 amide bonds. The average Bonchev–Trinajstić information content (AvgIpc) is 3.00. The molecular formula is C17H22FN3O4S. The van der Waals surface area contributed by atoms with E-state index in [2.05, 4.69) is 10.6 Å². The van der Waals surface area contributed by atoms with Gasteiger partial charge in [-0.2, -0.15) is 0 Å². The Morgan fingerprint density at radius 1 is 1.31 bits per heavy atom. The monoisotopic (exact) mass is 383 g/mol. The van der Waals surface area contributed by atoms with Crippen LogP contribution in [0.25, 0.3) is 0 Å². The number of amides is 2. The van der Waals surface area contributed by atoms with Gasteiger partial charge in [0, 0.05) is 24.9 Å². The summed E-state index contributed by atoms with van der Waals surface area (Å²) in [4.78, 5) is 25.9. The Morgan fingerprint density at radius 2 is 2.00 bits per heavy atom. The first-order chi connectivity index (χ1) is 12.2. The molecule has 2 N–H and O–H groups in total. The SMILES string of the molecule is CS(=O)(=O)C1(C(=O)Nc2ccc(N3CCCC3=O)c(F)c2)CCNCC1. The van der Waals surface area contributed by atoms with Crippen molar-refractivity contribution < 1.29 is 22.4 Å². The van der Waals surface area contributed by atoms with E-state index in [9.17, 15) is 22.4 Å². The number of hydrogen-bond acceptors (Lipinski definition) is 5. The number of halogens is 1. The van der Waals surface area contributed by atoms with E-state index < -0.39 is 26.3 Å². The van der Waals surface area contributed by atoms with E-state index in [4.69, 9.17) is 0 Å². The van der Waals surface area contributed by atoms with E-state index in [-0.39, 0.29) is 30.1 Å². The number of carbonyl (C=O) groups is 2. The minimum absolute atomic E-state index is 0.133. The highest BCUT2D eigenvalue weighted by Crippen LogP contribution is 2.31. The van der Waals surface area contributed by atoms with Crippen LogP contribution in [0.1, 0.15) is 25.7 Å². The summed E-state index contributed by atoms with van der Waals surface area (Å²) in [5.41, 5.74) is 0.342. The van der Waals surface area contributed by atoms with Gasteiger partial charge in [0.2, 0.25) is 11.8 Å². The summed E-state index contributed by atoms with van der Waals surface area (Å²) >= 11 is 0. The Labute approximate surface area is 151 Å². The highest BCUT2D eigenvalue weighted by molar-refractivity contribution is 7.92. The Hall–Kier alpha value is -2.00. The van der Waals surface area contributed by atoms with Crippen molar-refractivity contribution in [2.45, 2.75) is 30.4 Å². The first-order valence-electron chi connectivity index (χ1n) is 8.56. The predicted octanol–water partition coefficient (Wildman–Crippen LogP) is 1.06. The molecule has 0 aromatic heterocycles.